The third-order valence-electron chi connectivity index (χ3n) is 2.82. The van der Waals surface area contributed by atoms with Gasteiger partial charge in [0.15, 0.2) is 11.5 Å². The van der Waals surface area contributed by atoms with Gasteiger partial charge in [-0.3, -0.25) is 4.79 Å². The second kappa shape index (κ2) is 7.86. The molecule has 0 bridgehead atoms. The number of hydrogen-bond donors (Lipinski definition) is 2. The number of nitrogens with one attached hydrogen (secondary N) is 1. The Morgan fingerprint density at radius 2 is 2.09 bits per heavy atom. The van der Waals surface area contributed by atoms with Crippen molar-refractivity contribution in [3.63, 3.8) is 0 Å². The lowest BCUT2D eigenvalue weighted by molar-refractivity contribution is -0.142. The van der Waals surface area contributed by atoms with Crippen LogP contribution in [-0.4, -0.2) is 50.0 Å². The molecule has 120 valence electrons. The molecule has 0 radical (unpaired) electrons. The van der Waals surface area contributed by atoms with Gasteiger partial charge < -0.3 is 24.6 Å². The third kappa shape index (κ3) is 4.78. The first-order chi connectivity index (χ1) is 10.6. The molecule has 1 aromatic rings. The van der Waals surface area contributed by atoms with E-state index in [0.29, 0.717) is 35.3 Å². The van der Waals surface area contributed by atoms with Gasteiger partial charge in [0.2, 0.25) is 5.91 Å². The summed E-state index contributed by atoms with van der Waals surface area (Å²) in [6.07, 6.45) is 0.134. The molecule has 0 fully saturated rings. The maximum Gasteiger partial charge on any atom is 0.329 e. The fraction of sp³-hybridized carbons (Fsp3) is 0.429. The second-order valence-electron chi connectivity index (χ2n) is 4.57. The highest BCUT2D eigenvalue weighted by molar-refractivity contribution is 6.32. The van der Waals surface area contributed by atoms with Crippen molar-refractivity contribution in [2.75, 3.05) is 33.0 Å². The number of aliphatic carboxylic acids is 1. The summed E-state index contributed by atoms with van der Waals surface area (Å²) in [5.41, 5.74) is 0.707. The van der Waals surface area contributed by atoms with E-state index in [1.165, 1.54) is 0 Å². The largest absolute Gasteiger partial charge is 0.486 e. The number of carbonyl (C=O) groups excluding carboxylic acids is 1. The van der Waals surface area contributed by atoms with Crippen molar-refractivity contribution in [3.05, 3.63) is 22.7 Å². The molecule has 2 N–H and O–H groups in total. The summed E-state index contributed by atoms with van der Waals surface area (Å²) in [5, 5.41) is 11.4. The molecule has 1 amide bonds. The van der Waals surface area contributed by atoms with E-state index < -0.39 is 5.97 Å². The Morgan fingerprint density at radius 3 is 2.86 bits per heavy atom. The van der Waals surface area contributed by atoms with E-state index in [4.69, 9.17) is 30.9 Å². The first kappa shape index (κ1) is 16.4. The van der Waals surface area contributed by atoms with Crippen LogP contribution in [0.4, 0.5) is 0 Å². The van der Waals surface area contributed by atoms with Gasteiger partial charge in [-0.05, 0) is 17.7 Å². The number of ether oxygens (including phenoxy) is 3. The van der Waals surface area contributed by atoms with Gasteiger partial charge in [0, 0.05) is 6.54 Å². The van der Waals surface area contributed by atoms with E-state index in [9.17, 15) is 9.59 Å². The van der Waals surface area contributed by atoms with Crippen molar-refractivity contribution in [2.45, 2.75) is 6.42 Å². The van der Waals surface area contributed by atoms with E-state index >= 15 is 0 Å². The highest BCUT2D eigenvalue weighted by Crippen LogP contribution is 2.38. The first-order valence-electron chi connectivity index (χ1n) is 6.70. The SMILES string of the molecule is O=C(O)COCCNC(=O)Cc1cc(Cl)c2c(c1)OCCO2. The molecular formula is C14H16ClNO6. The maximum absolute atomic E-state index is 11.8. The lowest BCUT2D eigenvalue weighted by Gasteiger charge is -2.20. The number of hydrogen-bond acceptors (Lipinski definition) is 5. The van der Waals surface area contributed by atoms with Gasteiger partial charge in [-0.2, -0.15) is 0 Å². The average Bonchev–Trinajstić information content (AvgIpc) is 2.46. The van der Waals surface area contributed by atoms with Crippen molar-refractivity contribution < 1.29 is 28.9 Å². The number of amides is 1. The molecule has 0 saturated heterocycles. The average molecular weight is 330 g/mol. The molecule has 2 rings (SSSR count). The molecule has 0 atom stereocenters. The smallest absolute Gasteiger partial charge is 0.329 e. The predicted molar refractivity (Wildman–Crippen MR) is 77.6 cm³/mol. The minimum atomic E-state index is -1.04. The molecule has 1 aromatic carbocycles. The Morgan fingerprint density at radius 1 is 1.32 bits per heavy atom. The molecule has 8 heteroatoms. The molecule has 1 aliphatic rings. The fourth-order valence-electron chi connectivity index (χ4n) is 1.94. The van der Waals surface area contributed by atoms with Crippen LogP contribution in [0.15, 0.2) is 12.1 Å². The van der Waals surface area contributed by atoms with Gasteiger partial charge in [0.25, 0.3) is 0 Å². The molecular weight excluding hydrogens is 314 g/mol. The van der Waals surface area contributed by atoms with Crippen LogP contribution in [0, 0.1) is 0 Å². The molecule has 0 aromatic heterocycles. The number of halogens is 1. The van der Waals surface area contributed by atoms with Crippen molar-refractivity contribution >= 4 is 23.5 Å². The number of carboxylic acid groups (broad SMARTS) is 1. The van der Waals surface area contributed by atoms with Crippen LogP contribution in [0.2, 0.25) is 5.02 Å². The van der Waals surface area contributed by atoms with Crippen LogP contribution in [0.25, 0.3) is 0 Å². The molecule has 0 aliphatic carbocycles. The molecule has 0 unspecified atom stereocenters. The summed E-state index contributed by atoms with van der Waals surface area (Å²) >= 11 is 6.09. The summed E-state index contributed by atoms with van der Waals surface area (Å²) in [6, 6.07) is 3.39. The van der Waals surface area contributed by atoms with Crippen LogP contribution in [0.1, 0.15) is 5.56 Å². The number of benzene rings is 1. The maximum atomic E-state index is 11.8. The molecule has 7 nitrogen and oxygen atoms in total. The lowest BCUT2D eigenvalue weighted by Crippen LogP contribution is -2.29. The minimum absolute atomic E-state index is 0.134. The standard InChI is InChI=1S/C14H16ClNO6/c15-10-5-9(6-11-14(10)22-4-3-21-11)7-12(17)16-1-2-20-8-13(18)19/h5-6H,1-4,7-8H2,(H,16,17)(H,18,19). The van der Waals surface area contributed by atoms with Crippen molar-refractivity contribution in [3.8, 4) is 11.5 Å². The van der Waals surface area contributed by atoms with Crippen LogP contribution in [0.5, 0.6) is 11.5 Å². The quantitative estimate of drug-likeness (QED) is 0.721. The van der Waals surface area contributed by atoms with Crippen molar-refractivity contribution in [1.82, 2.24) is 5.32 Å². The van der Waals surface area contributed by atoms with Crippen LogP contribution >= 0.6 is 11.6 Å². The number of rotatable bonds is 7. The highest BCUT2D eigenvalue weighted by atomic mass is 35.5. The Kier molecular flexibility index (Phi) is 5.85. The topological polar surface area (TPSA) is 94.1 Å². The third-order valence-corrected chi connectivity index (χ3v) is 3.10. The Hall–Kier alpha value is -1.99. The van der Waals surface area contributed by atoms with Gasteiger partial charge in [0.05, 0.1) is 18.1 Å². The lowest BCUT2D eigenvalue weighted by atomic mass is 10.1. The normalized spacial score (nSPS) is 12.8. The van der Waals surface area contributed by atoms with E-state index in [-0.39, 0.29) is 32.1 Å². The number of carboxylic acids is 1. The molecule has 0 saturated carbocycles. The van der Waals surface area contributed by atoms with Crippen LogP contribution < -0.4 is 14.8 Å². The van der Waals surface area contributed by atoms with Gasteiger partial charge in [-0.15, -0.1) is 0 Å². The van der Waals surface area contributed by atoms with Crippen LogP contribution in [0.3, 0.4) is 0 Å². The Balaban J connectivity index is 1.81. The van der Waals surface area contributed by atoms with Gasteiger partial charge in [-0.1, -0.05) is 11.6 Å². The van der Waals surface area contributed by atoms with Crippen LogP contribution in [-0.2, 0) is 20.7 Å². The second-order valence-corrected chi connectivity index (χ2v) is 4.98. The molecule has 1 heterocycles. The molecule has 0 spiro atoms. The van der Waals surface area contributed by atoms with E-state index in [0.717, 1.165) is 0 Å². The first-order valence-corrected chi connectivity index (χ1v) is 7.08. The van der Waals surface area contributed by atoms with Gasteiger partial charge in [0.1, 0.15) is 19.8 Å². The van der Waals surface area contributed by atoms with E-state index in [2.05, 4.69) is 5.32 Å². The molecule has 1 aliphatic heterocycles. The number of carbonyl (C=O) groups is 2. The zero-order valence-corrected chi connectivity index (χ0v) is 12.5. The zero-order valence-electron chi connectivity index (χ0n) is 11.8. The summed E-state index contributed by atoms with van der Waals surface area (Å²) in [5.74, 6) is -0.227. The minimum Gasteiger partial charge on any atom is -0.486 e. The van der Waals surface area contributed by atoms with Crippen molar-refractivity contribution in [2.24, 2.45) is 0 Å². The van der Waals surface area contributed by atoms with E-state index in [1.807, 2.05) is 0 Å². The zero-order chi connectivity index (χ0) is 15.9. The number of fused-ring (bicyclic) bond motifs is 1. The van der Waals surface area contributed by atoms with Gasteiger partial charge in [-0.25, -0.2) is 4.79 Å². The van der Waals surface area contributed by atoms with Crippen molar-refractivity contribution in [1.29, 1.82) is 0 Å². The molecule has 22 heavy (non-hydrogen) atoms. The summed E-state index contributed by atoms with van der Waals surface area (Å²) < 4.78 is 15.7. The fourth-order valence-corrected chi connectivity index (χ4v) is 2.22. The van der Waals surface area contributed by atoms with Gasteiger partial charge >= 0.3 is 5.97 Å². The Labute approximate surface area is 132 Å². The predicted octanol–water partition coefficient (Wildman–Crippen LogP) is 0.871. The monoisotopic (exact) mass is 329 g/mol. The summed E-state index contributed by atoms with van der Waals surface area (Å²) in [7, 11) is 0. The summed E-state index contributed by atoms with van der Waals surface area (Å²) in [4.78, 5) is 22.0. The highest BCUT2D eigenvalue weighted by Gasteiger charge is 2.17. The Bertz CT molecular complexity index is 563. The van der Waals surface area contributed by atoms with E-state index in [1.54, 1.807) is 12.1 Å². The summed E-state index contributed by atoms with van der Waals surface area (Å²) in [6.45, 7) is 0.890.